The van der Waals surface area contributed by atoms with Crippen molar-refractivity contribution in [2.24, 2.45) is 0 Å². The summed E-state index contributed by atoms with van der Waals surface area (Å²) in [6, 6.07) is 0.226. The van der Waals surface area contributed by atoms with Crippen molar-refractivity contribution < 1.29 is 14.3 Å². The van der Waals surface area contributed by atoms with Gasteiger partial charge in [0.05, 0.1) is 10.3 Å². The Hall–Kier alpha value is -0.880. The third kappa shape index (κ3) is 3.55. The van der Waals surface area contributed by atoms with Crippen LogP contribution in [0.15, 0.2) is 20.6 Å². The molecule has 0 radical (unpaired) electrons. The fourth-order valence-electron chi connectivity index (χ4n) is 1.35. The molecule has 2 rings (SSSR count). The van der Waals surface area contributed by atoms with Gasteiger partial charge in [-0.2, -0.15) is 0 Å². The van der Waals surface area contributed by atoms with E-state index in [0.717, 1.165) is 12.8 Å². The lowest BCUT2D eigenvalue weighted by Gasteiger charge is -2.12. The van der Waals surface area contributed by atoms with Crippen molar-refractivity contribution in [3.63, 3.8) is 0 Å². The molecule has 2 aliphatic rings. The lowest BCUT2D eigenvalue weighted by atomic mass is 10.3. The van der Waals surface area contributed by atoms with Gasteiger partial charge in [-0.05, 0) is 37.5 Å². The molecule has 1 N–H and O–H groups in total. The second-order valence-corrected chi connectivity index (χ2v) is 6.46. The van der Waals surface area contributed by atoms with Crippen molar-refractivity contribution in [2.45, 2.75) is 38.8 Å². The van der Waals surface area contributed by atoms with Gasteiger partial charge in [0.15, 0.2) is 0 Å². The first kappa shape index (κ1) is 13.5. The fraction of sp³-hybridized carbons (Fsp3) is 0.500. The average molecular weight is 285 g/mol. The SMILES string of the molecule is CC(C)OC(=O)C(C(=O)NC1CC1)=C1SC=CS1. The summed E-state index contributed by atoms with van der Waals surface area (Å²) < 4.78 is 5.83. The van der Waals surface area contributed by atoms with Crippen LogP contribution in [0.5, 0.6) is 0 Å². The van der Waals surface area contributed by atoms with Crippen LogP contribution >= 0.6 is 23.5 Å². The Morgan fingerprint density at radius 3 is 2.44 bits per heavy atom. The second-order valence-electron chi connectivity index (χ2n) is 4.37. The number of esters is 1. The summed E-state index contributed by atoms with van der Waals surface area (Å²) in [4.78, 5) is 24.1. The maximum Gasteiger partial charge on any atom is 0.345 e. The minimum absolute atomic E-state index is 0.135. The molecule has 1 amide bonds. The Morgan fingerprint density at radius 2 is 1.94 bits per heavy atom. The molecule has 0 aromatic heterocycles. The van der Waals surface area contributed by atoms with E-state index in [2.05, 4.69) is 5.32 Å². The smallest absolute Gasteiger partial charge is 0.345 e. The summed E-state index contributed by atoms with van der Waals surface area (Å²) in [7, 11) is 0. The lowest BCUT2D eigenvalue weighted by Crippen LogP contribution is -2.32. The Balaban J connectivity index is 2.14. The molecule has 1 fully saturated rings. The predicted molar refractivity (Wildman–Crippen MR) is 73.7 cm³/mol. The van der Waals surface area contributed by atoms with Crippen LogP contribution in [-0.4, -0.2) is 24.0 Å². The topological polar surface area (TPSA) is 55.4 Å². The van der Waals surface area contributed by atoms with Gasteiger partial charge in [-0.3, -0.25) is 4.79 Å². The average Bonchev–Trinajstić information content (AvgIpc) is 2.92. The van der Waals surface area contributed by atoms with E-state index in [1.807, 2.05) is 10.8 Å². The summed E-state index contributed by atoms with van der Waals surface area (Å²) in [5.74, 6) is -0.858. The Labute approximate surface area is 115 Å². The van der Waals surface area contributed by atoms with Crippen LogP contribution in [0.1, 0.15) is 26.7 Å². The molecule has 0 atom stereocenters. The zero-order valence-electron chi connectivity index (χ0n) is 10.3. The van der Waals surface area contributed by atoms with E-state index >= 15 is 0 Å². The van der Waals surface area contributed by atoms with E-state index in [0.29, 0.717) is 4.24 Å². The van der Waals surface area contributed by atoms with E-state index < -0.39 is 5.97 Å². The van der Waals surface area contributed by atoms with Gasteiger partial charge < -0.3 is 10.1 Å². The van der Waals surface area contributed by atoms with Crippen LogP contribution < -0.4 is 5.32 Å². The maximum atomic E-state index is 12.1. The molecule has 18 heavy (non-hydrogen) atoms. The number of hydrogen-bond donors (Lipinski definition) is 1. The molecule has 0 aromatic carbocycles. The molecular formula is C12H15NO3S2. The molecule has 6 heteroatoms. The van der Waals surface area contributed by atoms with E-state index in [1.54, 1.807) is 13.8 Å². The first-order chi connectivity index (χ1) is 8.58. The Bertz CT molecular complexity index is 397. The summed E-state index contributed by atoms with van der Waals surface area (Å²) in [6.45, 7) is 3.54. The molecule has 1 aliphatic heterocycles. The molecule has 0 aromatic rings. The van der Waals surface area contributed by atoms with Gasteiger partial charge in [-0.1, -0.05) is 23.5 Å². The molecular weight excluding hydrogens is 270 g/mol. The fourth-order valence-corrected chi connectivity index (χ4v) is 3.19. The van der Waals surface area contributed by atoms with Crippen molar-refractivity contribution in [3.05, 3.63) is 20.6 Å². The summed E-state index contributed by atoms with van der Waals surface area (Å²) in [5, 5.41) is 6.54. The molecule has 1 saturated carbocycles. The van der Waals surface area contributed by atoms with E-state index in [9.17, 15) is 9.59 Å². The number of hydrogen-bond acceptors (Lipinski definition) is 5. The van der Waals surface area contributed by atoms with Gasteiger partial charge in [-0.25, -0.2) is 4.79 Å². The van der Waals surface area contributed by atoms with Crippen LogP contribution in [0.25, 0.3) is 0 Å². The third-order valence-corrected chi connectivity index (χ3v) is 4.43. The van der Waals surface area contributed by atoms with Crippen molar-refractivity contribution in [3.8, 4) is 0 Å². The highest BCUT2D eigenvalue weighted by molar-refractivity contribution is 8.27. The quantitative estimate of drug-likeness (QED) is 0.372. The number of amides is 1. The predicted octanol–water partition coefficient (Wildman–Crippen LogP) is 2.38. The zero-order chi connectivity index (χ0) is 13.1. The highest BCUT2D eigenvalue weighted by atomic mass is 32.2. The summed E-state index contributed by atoms with van der Waals surface area (Å²) in [5.41, 5.74) is 0.135. The van der Waals surface area contributed by atoms with Crippen LogP contribution in [0.3, 0.4) is 0 Å². The molecule has 1 aliphatic carbocycles. The summed E-state index contributed by atoms with van der Waals surface area (Å²) in [6.07, 6.45) is 1.75. The number of rotatable bonds is 4. The second kappa shape index (κ2) is 5.84. The van der Waals surface area contributed by atoms with Crippen LogP contribution in [0.4, 0.5) is 0 Å². The molecule has 1 heterocycles. The lowest BCUT2D eigenvalue weighted by molar-refractivity contribution is -0.144. The van der Waals surface area contributed by atoms with Gasteiger partial charge in [0.25, 0.3) is 5.91 Å². The monoisotopic (exact) mass is 285 g/mol. The van der Waals surface area contributed by atoms with Crippen molar-refractivity contribution >= 4 is 35.4 Å². The molecule has 4 nitrogen and oxygen atoms in total. The third-order valence-electron chi connectivity index (χ3n) is 2.30. The van der Waals surface area contributed by atoms with E-state index in [4.69, 9.17) is 4.74 Å². The van der Waals surface area contributed by atoms with E-state index in [-0.39, 0.29) is 23.6 Å². The van der Waals surface area contributed by atoms with Crippen molar-refractivity contribution in [2.75, 3.05) is 0 Å². The first-order valence-electron chi connectivity index (χ1n) is 5.82. The van der Waals surface area contributed by atoms with Gasteiger partial charge in [0.2, 0.25) is 0 Å². The van der Waals surface area contributed by atoms with Gasteiger partial charge in [0, 0.05) is 6.04 Å². The first-order valence-corrected chi connectivity index (χ1v) is 7.58. The minimum Gasteiger partial charge on any atom is -0.459 e. The van der Waals surface area contributed by atoms with Gasteiger partial charge in [0.1, 0.15) is 5.57 Å². The normalized spacial score (nSPS) is 18.1. The number of carbonyl (C=O) groups is 2. The minimum atomic E-state index is -0.540. The standard InChI is InChI=1S/C12H15NO3S2/c1-7(2)16-11(15)9(12-17-5-6-18-12)10(14)13-8-3-4-8/h5-8H,3-4H2,1-2H3,(H,13,14). The van der Waals surface area contributed by atoms with Crippen LogP contribution in [-0.2, 0) is 14.3 Å². The van der Waals surface area contributed by atoms with Crippen LogP contribution in [0, 0.1) is 0 Å². The van der Waals surface area contributed by atoms with Crippen LogP contribution in [0.2, 0.25) is 0 Å². The van der Waals surface area contributed by atoms with Gasteiger partial charge >= 0.3 is 5.97 Å². The molecule has 98 valence electrons. The largest absolute Gasteiger partial charge is 0.459 e. The zero-order valence-corrected chi connectivity index (χ0v) is 11.9. The highest BCUT2D eigenvalue weighted by Crippen LogP contribution is 2.40. The Kier molecular flexibility index (Phi) is 4.40. The summed E-state index contributed by atoms with van der Waals surface area (Å²) >= 11 is 2.76. The molecule has 0 unspecified atom stereocenters. The Morgan fingerprint density at radius 1 is 1.33 bits per heavy atom. The molecule has 0 bridgehead atoms. The number of nitrogens with one attached hydrogen (secondary N) is 1. The number of thioether (sulfide) groups is 2. The van der Waals surface area contributed by atoms with E-state index in [1.165, 1.54) is 23.5 Å². The molecule has 0 saturated heterocycles. The molecule has 0 spiro atoms. The number of carbonyl (C=O) groups excluding carboxylic acids is 2. The van der Waals surface area contributed by atoms with Crippen molar-refractivity contribution in [1.29, 1.82) is 0 Å². The number of ether oxygens (including phenoxy) is 1. The highest BCUT2D eigenvalue weighted by Gasteiger charge is 2.31. The maximum absolute atomic E-state index is 12.1. The van der Waals surface area contributed by atoms with Crippen molar-refractivity contribution in [1.82, 2.24) is 5.32 Å². The van der Waals surface area contributed by atoms with Gasteiger partial charge in [-0.15, -0.1) is 0 Å².